The number of hydrogen-bond donors (Lipinski definition) is 0. The van der Waals surface area contributed by atoms with Gasteiger partial charge in [-0.2, -0.15) is 0 Å². The first-order valence-electron chi connectivity index (χ1n) is 10.9. The molecule has 0 saturated carbocycles. The van der Waals surface area contributed by atoms with E-state index >= 15 is 0 Å². The number of amides is 1. The van der Waals surface area contributed by atoms with Gasteiger partial charge in [0.05, 0.1) is 11.7 Å². The van der Waals surface area contributed by atoms with Crippen molar-refractivity contribution in [2.75, 3.05) is 13.1 Å². The summed E-state index contributed by atoms with van der Waals surface area (Å²) in [4.78, 5) is 34.5. The Kier molecular flexibility index (Phi) is 6.14. The second kappa shape index (κ2) is 8.76. The van der Waals surface area contributed by atoms with Crippen molar-refractivity contribution in [1.82, 2.24) is 14.5 Å². The molecule has 1 atom stereocenters. The van der Waals surface area contributed by atoms with Crippen LogP contribution in [0.1, 0.15) is 68.7 Å². The fourth-order valence-corrected chi connectivity index (χ4v) is 6.05. The molecule has 6 heteroatoms. The van der Waals surface area contributed by atoms with Crippen molar-refractivity contribution in [3.8, 4) is 0 Å². The van der Waals surface area contributed by atoms with Gasteiger partial charge in [0, 0.05) is 30.9 Å². The van der Waals surface area contributed by atoms with Gasteiger partial charge in [0.15, 0.2) is 0 Å². The number of likely N-dealkylation sites (tertiary alicyclic amines) is 1. The van der Waals surface area contributed by atoms with Crippen molar-refractivity contribution in [2.45, 2.75) is 77.7 Å². The zero-order valence-electron chi connectivity index (χ0n) is 16.9. The molecule has 3 heterocycles. The highest BCUT2D eigenvalue weighted by Gasteiger charge is 2.22. The number of rotatable bonds is 5. The van der Waals surface area contributed by atoms with Crippen LogP contribution in [0.15, 0.2) is 11.1 Å². The van der Waals surface area contributed by atoms with E-state index in [-0.39, 0.29) is 11.5 Å². The van der Waals surface area contributed by atoms with Crippen LogP contribution in [0.5, 0.6) is 0 Å². The van der Waals surface area contributed by atoms with E-state index < -0.39 is 0 Å². The second-order valence-electron chi connectivity index (χ2n) is 8.35. The summed E-state index contributed by atoms with van der Waals surface area (Å²) in [5.41, 5.74) is 1.26. The quantitative estimate of drug-likeness (QED) is 0.756. The molecule has 1 aliphatic carbocycles. The van der Waals surface area contributed by atoms with Crippen molar-refractivity contribution in [3.05, 3.63) is 27.1 Å². The number of carbonyl (C=O) groups is 1. The van der Waals surface area contributed by atoms with Crippen LogP contribution in [-0.2, 0) is 24.2 Å². The van der Waals surface area contributed by atoms with Crippen molar-refractivity contribution in [2.24, 2.45) is 5.92 Å². The molecule has 1 saturated heterocycles. The van der Waals surface area contributed by atoms with Crippen LogP contribution in [-0.4, -0.2) is 33.4 Å². The molecule has 5 nitrogen and oxygen atoms in total. The minimum Gasteiger partial charge on any atom is -0.343 e. The first-order chi connectivity index (χ1) is 13.7. The molecule has 0 aromatic carbocycles. The molecule has 1 amide bonds. The highest BCUT2D eigenvalue weighted by Crippen LogP contribution is 2.33. The van der Waals surface area contributed by atoms with Gasteiger partial charge < -0.3 is 4.90 Å². The van der Waals surface area contributed by atoms with E-state index in [1.165, 1.54) is 36.1 Å². The summed E-state index contributed by atoms with van der Waals surface area (Å²) in [5.74, 6) is 0.943. The first kappa shape index (κ1) is 19.6. The maximum atomic E-state index is 13.0. The Labute approximate surface area is 170 Å². The summed E-state index contributed by atoms with van der Waals surface area (Å²) in [6, 6.07) is 0. The fourth-order valence-electron chi connectivity index (χ4n) is 4.83. The maximum absolute atomic E-state index is 13.0. The van der Waals surface area contributed by atoms with Gasteiger partial charge in [-0.15, -0.1) is 11.3 Å². The Morgan fingerprint density at radius 3 is 2.93 bits per heavy atom. The van der Waals surface area contributed by atoms with Crippen LogP contribution in [0.4, 0.5) is 0 Å². The number of carbonyl (C=O) groups excluding carboxylic acids is 1. The van der Waals surface area contributed by atoms with E-state index in [4.69, 9.17) is 0 Å². The molecule has 0 bridgehead atoms. The van der Waals surface area contributed by atoms with Crippen LogP contribution in [0, 0.1) is 5.92 Å². The maximum Gasteiger partial charge on any atom is 0.262 e. The van der Waals surface area contributed by atoms with E-state index in [0.29, 0.717) is 13.0 Å². The van der Waals surface area contributed by atoms with Gasteiger partial charge >= 0.3 is 0 Å². The lowest BCUT2D eigenvalue weighted by Gasteiger charge is -2.21. The second-order valence-corrected chi connectivity index (χ2v) is 9.43. The van der Waals surface area contributed by atoms with Crippen LogP contribution in [0.2, 0.25) is 0 Å². The normalized spacial score (nSPS) is 20.2. The fraction of sp³-hybridized carbons (Fsp3) is 0.682. The van der Waals surface area contributed by atoms with Crippen molar-refractivity contribution < 1.29 is 4.79 Å². The summed E-state index contributed by atoms with van der Waals surface area (Å²) < 4.78 is 1.65. The van der Waals surface area contributed by atoms with Gasteiger partial charge in [-0.25, -0.2) is 4.98 Å². The number of aromatic nitrogens is 2. The third kappa shape index (κ3) is 4.02. The zero-order chi connectivity index (χ0) is 19.5. The van der Waals surface area contributed by atoms with E-state index in [9.17, 15) is 9.59 Å². The smallest absolute Gasteiger partial charge is 0.262 e. The van der Waals surface area contributed by atoms with Crippen molar-refractivity contribution in [3.63, 3.8) is 0 Å². The highest BCUT2D eigenvalue weighted by molar-refractivity contribution is 7.18. The SMILES string of the molecule is CCC[C@H]1CCCN(C(=O)CCn2cnc3sc4c(c3c2=O)CCCC4)CC1. The van der Waals surface area contributed by atoms with Crippen molar-refractivity contribution >= 4 is 27.5 Å². The molecule has 4 rings (SSSR count). The first-order valence-corrected chi connectivity index (χ1v) is 11.8. The monoisotopic (exact) mass is 401 g/mol. The molecular formula is C22H31N3O2S. The van der Waals surface area contributed by atoms with E-state index in [1.54, 1.807) is 22.2 Å². The Morgan fingerprint density at radius 2 is 2.07 bits per heavy atom. The molecule has 2 aromatic heterocycles. The Balaban J connectivity index is 1.43. The third-order valence-electron chi connectivity index (χ3n) is 6.41. The summed E-state index contributed by atoms with van der Waals surface area (Å²) in [6.45, 7) is 4.40. The minimum atomic E-state index is 0.0380. The summed E-state index contributed by atoms with van der Waals surface area (Å²) in [6.07, 6.45) is 12.4. The molecule has 0 N–H and O–H groups in total. The van der Waals surface area contributed by atoms with E-state index in [1.807, 2.05) is 4.90 Å². The van der Waals surface area contributed by atoms with Gasteiger partial charge in [0.1, 0.15) is 4.83 Å². The van der Waals surface area contributed by atoms with Gasteiger partial charge in [0.2, 0.25) is 5.91 Å². The Bertz CT molecular complexity index is 901. The molecule has 28 heavy (non-hydrogen) atoms. The van der Waals surface area contributed by atoms with Crippen LogP contribution in [0.25, 0.3) is 10.2 Å². The molecule has 0 spiro atoms. The molecule has 0 radical (unpaired) electrons. The lowest BCUT2D eigenvalue weighted by Crippen LogP contribution is -2.33. The lowest BCUT2D eigenvalue weighted by molar-refractivity contribution is -0.131. The van der Waals surface area contributed by atoms with Gasteiger partial charge in [-0.1, -0.05) is 19.8 Å². The predicted molar refractivity (Wildman–Crippen MR) is 114 cm³/mol. The number of aryl methyl sites for hydroxylation is 3. The molecule has 2 aliphatic rings. The third-order valence-corrected chi connectivity index (χ3v) is 7.61. The summed E-state index contributed by atoms with van der Waals surface area (Å²) in [5, 5.41) is 0.812. The molecular weight excluding hydrogens is 370 g/mol. The Hall–Kier alpha value is -1.69. The van der Waals surface area contributed by atoms with Crippen LogP contribution >= 0.6 is 11.3 Å². The highest BCUT2D eigenvalue weighted by atomic mass is 32.1. The van der Waals surface area contributed by atoms with Crippen LogP contribution < -0.4 is 5.56 Å². The summed E-state index contributed by atoms with van der Waals surface area (Å²) in [7, 11) is 0. The average molecular weight is 402 g/mol. The number of nitrogens with zero attached hydrogens (tertiary/aromatic N) is 3. The van der Waals surface area contributed by atoms with Crippen LogP contribution in [0.3, 0.4) is 0 Å². The van der Waals surface area contributed by atoms with Crippen molar-refractivity contribution in [1.29, 1.82) is 0 Å². The molecule has 1 aliphatic heterocycles. The molecule has 2 aromatic rings. The number of fused-ring (bicyclic) bond motifs is 3. The molecule has 152 valence electrons. The predicted octanol–water partition coefficient (Wildman–Crippen LogP) is 4.16. The molecule has 0 unspecified atom stereocenters. The van der Waals surface area contributed by atoms with E-state index in [2.05, 4.69) is 11.9 Å². The number of hydrogen-bond acceptors (Lipinski definition) is 4. The van der Waals surface area contributed by atoms with Gasteiger partial charge in [0.25, 0.3) is 5.56 Å². The van der Waals surface area contributed by atoms with Gasteiger partial charge in [-0.3, -0.25) is 14.2 Å². The zero-order valence-corrected chi connectivity index (χ0v) is 17.7. The average Bonchev–Trinajstić information content (AvgIpc) is 2.92. The topological polar surface area (TPSA) is 55.2 Å². The standard InChI is InChI=1S/C22H31N3O2S/c1-2-6-16-7-5-12-24(13-10-16)19(26)11-14-25-15-23-21-20(22(25)27)17-8-3-4-9-18(17)28-21/h15-16H,2-14H2,1H3/t16-/m0/s1. The summed E-state index contributed by atoms with van der Waals surface area (Å²) >= 11 is 1.68. The molecule has 1 fully saturated rings. The largest absolute Gasteiger partial charge is 0.343 e. The Morgan fingerprint density at radius 1 is 1.21 bits per heavy atom. The minimum absolute atomic E-state index is 0.0380. The lowest BCUT2D eigenvalue weighted by atomic mass is 9.96. The van der Waals surface area contributed by atoms with Gasteiger partial charge in [-0.05, 0) is 56.4 Å². The number of thiophene rings is 1. The van der Waals surface area contributed by atoms with E-state index in [0.717, 1.165) is 61.3 Å².